The first kappa shape index (κ1) is 17.4. The number of halogens is 1. The average molecular weight is 352 g/mol. The Morgan fingerprint density at radius 1 is 1.43 bits per heavy atom. The van der Waals surface area contributed by atoms with Gasteiger partial charge in [-0.25, -0.2) is 9.82 Å². The fourth-order valence-electron chi connectivity index (χ4n) is 1.88. The van der Waals surface area contributed by atoms with Crippen molar-refractivity contribution in [3.05, 3.63) is 41.3 Å². The van der Waals surface area contributed by atoms with E-state index in [-0.39, 0.29) is 11.7 Å². The molecule has 23 heavy (non-hydrogen) atoms. The van der Waals surface area contributed by atoms with E-state index in [2.05, 4.69) is 14.9 Å². The van der Waals surface area contributed by atoms with E-state index in [1.165, 1.54) is 35.4 Å². The maximum Gasteiger partial charge on any atom is 0.240 e. The van der Waals surface area contributed by atoms with Gasteiger partial charge in [0.15, 0.2) is 0 Å². The molecule has 1 aromatic carbocycles. The summed E-state index contributed by atoms with van der Waals surface area (Å²) in [5, 5.41) is 4.66. The molecule has 0 bridgehead atoms. The zero-order valence-corrected chi connectivity index (χ0v) is 14.4. The third-order valence-electron chi connectivity index (χ3n) is 3.01. The molecule has 3 N–H and O–H groups in total. The lowest BCUT2D eigenvalue weighted by molar-refractivity contribution is -0.120. The quantitative estimate of drug-likeness (QED) is 0.475. The monoisotopic (exact) mass is 352 g/mol. The lowest BCUT2D eigenvalue weighted by Gasteiger charge is -2.03. The van der Waals surface area contributed by atoms with Gasteiger partial charge in [0.05, 0.1) is 17.0 Å². The molecule has 0 fully saturated rings. The van der Waals surface area contributed by atoms with Gasteiger partial charge in [0.2, 0.25) is 5.91 Å². The minimum Gasteiger partial charge on any atom is -0.389 e. The Hall–Kier alpha value is -1.93. The summed E-state index contributed by atoms with van der Waals surface area (Å²) in [7, 11) is 0. The Morgan fingerprint density at radius 3 is 2.74 bits per heavy atom. The van der Waals surface area contributed by atoms with Crippen LogP contribution < -0.4 is 11.2 Å². The molecule has 0 saturated heterocycles. The van der Waals surface area contributed by atoms with Crippen LogP contribution in [0, 0.1) is 12.7 Å². The van der Waals surface area contributed by atoms with Crippen LogP contribution in [0.15, 0.2) is 34.3 Å². The molecule has 0 unspecified atom stereocenters. The number of hydrazone groups is 1. The molecule has 0 aliphatic rings. The van der Waals surface area contributed by atoms with Crippen molar-refractivity contribution < 1.29 is 9.18 Å². The molecule has 0 aliphatic carbocycles. The molecule has 8 heteroatoms. The second kappa shape index (κ2) is 8.07. The maximum absolute atomic E-state index is 12.8. The molecule has 0 spiro atoms. The van der Waals surface area contributed by atoms with Crippen LogP contribution in [0.4, 0.5) is 9.39 Å². The summed E-state index contributed by atoms with van der Waals surface area (Å²) < 4.78 is 16.9. The first-order valence-corrected chi connectivity index (χ1v) is 8.67. The van der Waals surface area contributed by atoms with Crippen molar-refractivity contribution in [1.82, 2.24) is 9.80 Å². The van der Waals surface area contributed by atoms with E-state index in [1.807, 2.05) is 6.92 Å². The summed E-state index contributed by atoms with van der Waals surface area (Å²) >= 11 is 2.70. The highest BCUT2D eigenvalue weighted by Gasteiger charge is 2.11. The van der Waals surface area contributed by atoms with Crippen molar-refractivity contribution in [3.63, 3.8) is 0 Å². The molecule has 0 aliphatic heterocycles. The third-order valence-corrected chi connectivity index (χ3v) is 4.79. The van der Waals surface area contributed by atoms with E-state index >= 15 is 0 Å². The Labute approximate surface area is 142 Å². The average Bonchev–Trinajstić information content (AvgIpc) is 2.86. The van der Waals surface area contributed by atoms with Gasteiger partial charge >= 0.3 is 0 Å². The summed E-state index contributed by atoms with van der Waals surface area (Å²) in [4.78, 5) is 12.7. The van der Waals surface area contributed by atoms with Crippen LogP contribution in [0.1, 0.15) is 24.6 Å². The number of nitrogens with two attached hydrogens (primary N) is 1. The molecule has 0 atom stereocenters. The van der Waals surface area contributed by atoms with Crippen LogP contribution in [-0.2, 0) is 4.79 Å². The lowest BCUT2D eigenvalue weighted by Crippen LogP contribution is -2.19. The highest BCUT2D eigenvalue weighted by molar-refractivity contribution is 7.99. The topological polar surface area (TPSA) is 80.4 Å². The number of rotatable bonds is 6. The number of nitrogens with zero attached hydrogens (tertiary/aromatic N) is 2. The van der Waals surface area contributed by atoms with Crippen LogP contribution in [0.5, 0.6) is 0 Å². The van der Waals surface area contributed by atoms with Gasteiger partial charge in [-0.05, 0) is 49.6 Å². The Morgan fingerprint density at radius 2 is 2.13 bits per heavy atom. The van der Waals surface area contributed by atoms with Crippen molar-refractivity contribution in [3.8, 4) is 0 Å². The number of amides is 1. The fourth-order valence-corrected chi connectivity index (χ4v) is 3.44. The van der Waals surface area contributed by atoms with Gasteiger partial charge in [-0.1, -0.05) is 0 Å². The van der Waals surface area contributed by atoms with E-state index in [0.717, 1.165) is 16.2 Å². The first-order valence-electron chi connectivity index (χ1n) is 6.91. The smallest absolute Gasteiger partial charge is 0.240 e. The SMILES string of the molecule is C/C(=N/NC(=O)CCSc1ccc(F)cc1)c1c(C)nsc1N. The third kappa shape index (κ3) is 5.04. The number of carbonyl (C=O) groups excluding carboxylic acids is 1. The molecule has 1 aromatic heterocycles. The number of benzene rings is 1. The van der Waals surface area contributed by atoms with E-state index in [4.69, 9.17) is 5.73 Å². The highest BCUT2D eigenvalue weighted by atomic mass is 32.2. The minimum absolute atomic E-state index is 0.182. The number of hydrogen-bond acceptors (Lipinski definition) is 6. The summed E-state index contributed by atoms with van der Waals surface area (Å²) in [6.07, 6.45) is 0.315. The fraction of sp³-hybridized carbons (Fsp3) is 0.267. The number of aromatic nitrogens is 1. The number of anilines is 1. The predicted octanol–water partition coefficient (Wildman–Crippen LogP) is 3.20. The molecule has 2 aromatic rings. The van der Waals surface area contributed by atoms with Crippen molar-refractivity contribution >= 4 is 39.9 Å². The van der Waals surface area contributed by atoms with Crippen LogP contribution in [0.25, 0.3) is 0 Å². The normalized spacial score (nSPS) is 11.5. The first-order chi connectivity index (χ1) is 11.0. The van der Waals surface area contributed by atoms with Crippen molar-refractivity contribution in [1.29, 1.82) is 0 Å². The summed E-state index contributed by atoms with van der Waals surface area (Å²) in [5.74, 6) is 0.139. The van der Waals surface area contributed by atoms with E-state index in [9.17, 15) is 9.18 Å². The molecule has 1 heterocycles. The van der Waals surface area contributed by atoms with Crippen LogP contribution >= 0.6 is 23.3 Å². The number of carbonyl (C=O) groups is 1. The number of nitrogens with one attached hydrogen (secondary N) is 1. The number of hydrogen-bond donors (Lipinski definition) is 2. The molecular formula is C15H17FN4OS2. The molecule has 0 saturated carbocycles. The van der Waals surface area contributed by atoms with Crippen LogP contribution in [-0.4, -0.2) is 21.7 Å². The molecule has 5 nitrogen and oxygen atoms in total. The van der Waals surface area contributed by atoms with E-state index in [1.54, 1.807) is 19.1 Å². The van der Waals surface area contributed by atoms with Gasteiger partial charge in [0, 0.05) is 17.1 Å². The van der Waals surface area contributed by atoms with E-state index < -0.39 is 0 Å². The van der Waals surface area contributed by atoms with E-state index in [0.29, 0.717) is 22.9 Å². The predicted molar refractivity (Wildman–Crippen MR) is 93.4 cm³/mol. The number of aryl methyl sites for hydroxylation is 1. The van der Waals surface area contributed by atoms with Gasteiger partial charge in [-0.2, -0.15) is 9.47 Å². The van der Waals surface area contributed by atoms with Crippen molar-refractivity contribution in [2.75, 3.05) is 11.5 Å². The Balaban J connectivity index is 1.81. The zero-order valence-electron chi connectivity index (χ0n) is 12.8. The molecule has 122 valence electrons. The van der Waals surface area contributed by atoms with Crippen LogP contribution in [0.3, 0.4) is 0 Å². The maximum atomic E-state index is 12.8. The zero-order chi connectivity index (χ0) is 16.8. The van der Waals surface area contributed by atoms with Gasteiger partial charge < -0.3 is 5.73 Å². The molecule has 1 amide bonds. The van der Waals surface area contributed by atoms with Crippen molar-refractivity contribution in [2.45, 2.75) is 25.2 Å². The van der Waals surface area contributed by atoms with Crippen LogP contribution in [0.2, 0.25) is 0 Å². The van der Waals surface area contributed by atoms with Gasteiger partial charge in [0.1, 0.15) is 10.8 Å². The molecule has 0 radical (unpaired) electrons. The number of thioether (sulfide) groups is 1. The summed E-state index contributed by atoms with van der Waals surface area (Å²) in [5.41, 5.74) is 10.6. The standard InChI is InChI=1S/C15H17FN4OS2/c1-9(14-10(2)20-23-15(14)17)18-19-13(21)7-8-22-12-5-3-11(16)4-6-12/h3-6H,7-8,17H2,1-2H3,(H,19,21)/b18-9-. The minimum atomic E-state index is -0.269. The Kier molecular flexibility index (Phi) is 6.12. The molecular weight excluding hydrogens is 335 g/mol. The summed E-state index contributed by atoms with van der Waals surface area (Å²) in [6.45, 7) is 3.63. The molecule has 2 rings (SSSR count). The van der Waals surface area contributed by atoms with Gasteiger partial charge in [0.25, 0.3) is 0 Å². The number of nitrogen functional groups attached to an aromatic ring is 1. The largest absolute Gasteiger partial charge is 0.389 e. The Bertz CT molecular complexity index is 693. The van der Waals surface area contributed by atoms with Gasteiger partial charge in [-0.15, -0.1) is 11.8 Å². The highest BCUT2D eigenvalue weighted by Crippen LogP contribution is 2.21. The lowest BCUT2D eigenvalue weighted by atomic mass is 10.2. The summed E-state index contributed by atoms with van der Waals surface area (Å²) in [6, 6.07) is 6.18. The second-order valence-corrected chi connectivity index (χ2v) is 6.77. The second-order valence-electron chi connectivity index (χ2n) is 4.79. The van der Waals surface area contributed by atoms with Crippen molar-refractivity contribution in [2.24, 2.45) is 5.10 Å². The van der Waals surface area contributed by atoms with Gasteiger partial charge in [-0.3, -0.25) is 4.79 Å².